The van der Waals surface area contributed by atoms with E-state index < -0.39 is 0 Å². The zero-order chi connectivity index (χ0) is 20.1. The van der Waals surface area contributed by atoms with Gasteiger partial charge in [-0.3, -0.25) is 4.79 Å². The van der Waals surface area contributed by atoms with Crippen molar-refractivity contribution in [1.82, 2.24) is 15.3 Å². The van der Waals surface area contributed by atoms with Gasteiger partial charge in [-0.15, -0.1) is 0 Å². The van der Waals surface area contributed by atoms with Crippen molar-refractivity contribution in [3.8, 4) is 5.75 Å². The van der Waals surface area contributed by atoms with Crippen molar-refractivity contribution in [2.24, 2.45) is 5.92 Å². The summed E-state index contributed by atoms with van der Waals surface area (Å²) in [5, 5.41) is 5.11. The molecule has 6 heteroatoms. The van der Waals surface area contributed by atoms with Crippen molar-refractivity contribution >= 4 is 22.6 Å². The van der Waals surface area contributed by atoms with Gasteiger partial charge in [0, 0.05) is 32.0 Å². The van der Waals surface area contributed by atoms with Gasteiger partial charge in [0.15, 0.2) is 0 Å². The number of carbonyl (C=O) groups is 1. The van der Waals surface area contributed by atoms with E-state index in [1.165, 1.54) is 0 Å². The summed E-state index contributed by atoms with van der Waals surface area (Å²) in [5.41, 5.74) is 0.625. The van der Waals surface area contributed by atoms with E-state index in [0.717, 1.165) is 42.7 Å². The van der Waals surface area contributed by atoms with Gasteiger partial charge in [-0.2, -0.15) is 0 Å². The van der Waals surface area contributed by atoms with E-state index in [1.807, 2.05) is 49.4 Å². The predicted octanol–water partition coefficient (Wildman–Crippen LogP) is 3.67. The minimum atomic E-state index is -0.0703. The Bertz CT molecular complexity index is 969. The first-order valence-electron chi connectivity index (χ1n) is 10.2. The highest BCUT2D eigenvalue weighted by molar-refractivity contribution is 6.09. The highest BCUT2D eigenvalue weighted by atomic mass is 16.5. The molecule has 1 amide bonds. The summed E-state index contributed by atoms with van der Waals surface area (Å²) in [5.74, 6) is 1.80. The minimum absolute atomic E-state index is 0.0703. The topological polar surface area (TPSA) is 67.3 Å². The van der Waals surface area contributed by atoms with Gasteiger partial charge in [0.2, 0.25) is 5.95 Å². The lowest BCUT2D eigenvalue weighted by Gasteiger charge is -2.32. The van der Waals surface area contributed by atoms with Crippen LogP contribution in [0.15, 0.2) is 54.9 Å². The molecule has 1 aliphatic rings. The number of ether oxygens (including phenoxy) is 1. The average molecular weight is 390 g/mol. The van der Waals surface area contributed by atoms with Crippen LogP contribution in [0.3, 0.4) is 0 Å². The number of benzene rings is 2. The molecule has 29 heavy (non-hydrogen) atoms. The number of hydrogen-bond donors (Lipinski definition) is 1. The predicted molar refractivity (Wildman–Crippen MR) is 114 cm³/mol. The zero-order valence-electron chi connectivity index (χ0n) is 16.7. The van der Waals surface area contributed by atoms with Crippen molar-refractivity contribution in [2.75, 3.05) is 31.1 Å². The van der Waals surface area contributed by atoms with Crippen LogP contribution in [-0.2, 0) is 0 Å². The molecule has 2 heterocycles. The number of hydrogen-bond acceptors (Lipinski definition) is 5. The Morgan fingerprint density at radius 3 is 2.62 bits per heavy atom. The van der Waals surface area contributed by atoms with E-state index in [2.05, 4.69) is 20.2 Å². The van der Waals surface area contributed by atoms with Gasteiger partial charge in [0.1, 0.15) is 5.75 Å². The van der Waals surface area contributed by atoms with E-state index in [-0.39, 0.29) is 5.91 Å². The second-order valence-electron chi connectivity index (χ2n) is 7.28. The fourth-order valence-corrected chi connectivity index (χ4v) is 3.88. The lowest BCUT2D eigenvalue weighted by atomic mass is 9.96. The summed E-state index contributed by atoms with van der Waals surface area (Å²) in [6.45, 7) is 4.93. The number of anilines is 1. The summed E-state index contributed by atoms with van der Waals surface area (Å²) in [6.07, 6.45) is 5.56. The second kappa shape index (κ2) is 8.90. The Labute approximate surface area is 170 Å². The smallest absolute Gasteiger partial charge is 0.255 e. The fraction of sp³-hybridized carbons (Fsp3) is 0.348. The minimum Gasteiger partial charge on any atom is -0.493 e. The number of nitrogens with zero attached hydrogens (tertiary/aromatic N) is 3. The molecule has 0 radical (unpaired) electrons. The molecule has 3 aromatic rings. The number of amides is 1. The number of fused-ring (bicyclic) bond motifs is 1. The highest BCUT2D eigenvalue weighted by Gasteiger charge is 2.23. The van der Waals surface area contributed by atoms with Crippen LogP contribution in [0.1, 0.15) is 30.1 Å². The normalized spacial score (nSPS) is 14.7. The van der Waals surface area contributed by atoms with Gasteiger partial charge in [0.25, 0.3) is 5.91 Å². The van der Waals surface area contributed by atoms with Crippen LogP contribution in [0, 0.1) is 5.92 Å². The summed E-state index contributed by atoms with van der Waals surface area (Å²) in [7, 11) is 0. The van der Waals surface area contributed by atoms with E-state index in [0.29, 0.717) is 30.4 Å². The van der Waals surface area contributed by atoms with Gasteiger partial charge in [0.05, 0.1) is 12.2 Å². The third kappa shape index (κ3) is 4.31. The molecule has 1 aliphatic heterocycles. The van der Waals surface area contributed by atoms with Crippen molar-refractivity contribution in [2.45, 2.75) is 19.8 Å². The quantitative estimate of drug-likeness (QED) is 0.696. The zero-order valence-corrected chi connectivity index (χ0v) is 16.7. The van der Waals surface area contributed by atoms with Gasteiger partial charge < -0.3 is 15.0 Å². The molecular formula is C23H26N4O2. The average Bonchev–Trinajstić information content (AvgIpc) is 2.78. The second-order valence-corrected chi connectivity index (χ2v) is 7.28. The monoisotopic (exact) mass is 390 g/mol. The largest absolute Gasteiger partial charge is 0.493 e. The van der Waals surface area contributed by atoms with E-state index in [9.17, 15) is 4.79 Å². The Morgan fingerprint density at radius 1 is 1.10 bits per heavy atom. The van der Waals surface area contributed by atoms with Crippen LogP contribution >= 0.6 is 0 Å². The van der Waals surface area contributed by atoms with Crippen LogP contribution in [0.2, 0.25) is 0 Å². The number of piperidine rings is 1. The standard InChI is InChI=1S/C23H26N4O2/c1-2-29-20-9-8-18-6-3-4-7-19(18)21(20)22(28)26-16-17-10-14-27(15-11-17)23-24-12-5-13-25-23/h3-9,12-13,17H,2,10-11,14-16H2,1H3,(H,26,28). The maximum atomic E-state index is 13.1. The molecule has 1 aromatic heterocycles. The third-order valence-electron chi connectivity index (χ3n) is 5.42. The number of nitrogens with one attached hydrogen (secondary N) is 1. The van der Waals surface area contributed by atoms with Crippen molar-refractivity contribution < 1.29 is 9.53 Å². The molecular weight excluding hydrogens is 364 g/mol. The van der Waals surface area contributed by atoms with Crippen LogP contribution in [-0.4, -0.2) is 42.1 Å². The molecule has 0 spiro atoms. The molecule has 0 saturated carbocycles. The fourth-order valence-electron chi connectivity index (χ4n) is 3.88. The first-order valence-corrected chi connectivity index (χ1v) is 10.2. The van der Waals surface area contributed by atoms with Crippen LogP contribution in [0.4, 0.5) is 5.95 Å². The molecule has 0 bridgehead atoms. The van der Waals surface area contributed by atoms with E-state index >= 15 is 0 Å². The molecule has 4 rings (SSSR count). The van der Waals surface area contributed by atoms with E-state index in [1.54, 1.807) is 12.4 Å². The molecule has 2 aromatic carbocycles. The van der Waals surface area contributed by atoms with E-state index in [4.69, 9.17) is 4.74 Å². The maximum absolute atomic E-state index is 13.1. The molecule has 1 saturated heterocycles. The van der Waals surface area contributed by atoms with Gasteiger partial charge in [-0.1, -0.05) is 30.3 Å². The Kier molecular flexibility index (Phi) is 5.89. The lowest BCUT2D eigenvalue weighted by Crippen LogP contribution is -2.39. The van der Waals surface area contributed by atoms with Crippen molar-refractivity contribution in [1.29, 1.82) is 0 Å². The first-order chi connectivity index (χ1) is 14.3. The number of rotatable bonds is 6. The van der Waals surface area contributed by atoms with Gasteiger partial charge in [-0.25, -0.2) is 9.97 Å². The molecule has 6 nitrogen and oxygen atoms in total. The molecule has 1 N–H and O–H groups in total. The Hall–Kier alpha value is -3.15. The van der Waals surface area contributed by atoms with Crippen molar-refractivity contribution in [3.05, 3.63) is 60.4 Å². The van der Waals surface area contributed by atoms with Gasteiger partial charge >= 0.3 is 0 Å². The summed E-state index contributed by atoms with van der Waals surface area (Å²) in [4.78, 5) is 23.9. The van der Waals surface area contributed by atoms with Crippen molar-refractivity contribution in [3.63, 3.8) is 0 Å². The molecule has 150 valence electrons. The molecule has 1 fully saturated rings. The summed E-state index contributed by atoms with van der Waals surface area (Å²) >= 11 is 0. The lowest BCUT2D eigenvalue weighted by molar-refractivity contribution is 0.0943. The molecule has 0 aliphatic carbocycles. The number of aromatic nitrogens is 2. The summed E-state index contributed by atoms with van der Waals surface area (Å²) in [6, 6.07) is 13.6. The first kappa shape index (κ1) is 19.2. The van der Waals surface area contributed by atoms with Crippen LogP contribution in [0.25, 0.3) is 10.8 Å². The number of carbonyl (C=O) groups excluding carboxylic acids is 1. The van der Waals surface area contributed by atoms with Crippen LogP contribution < -0.4 is 15.0 Å². The third-order valence-corrected chi connectivity index (χ3v) is 5.42. The molecule has 0 atom stereocenters. The van der Waals surface area contributed by atoms with Crippen LogP contribution in [0.5, 0.6) is 5.75 Å². The van der Waals surface area contributed by atoms with Gasteiger partial charge in [-0.05, 0) is 48.6 Å². The SMILES string of the molecule is CCOc1ccc2ccccc2c1C(=O)NCC1CCN(c2ncccn2)CC1. The summed E-state index contributed by atoms with van der Waals surface area (Å²) < 4.78 is 5.74. The Balaban J connectivity index is 1.41. The Morgan fingerprint density at radius 2 is 1.86 bits per heavy atom. The highest BCUT2D eigenvalue weighted by Crippen LogP contribution is 2.28. The molecule has 0 unspecified atom stereocenters. The maximum Gasteiger partial charge on any atom is 0.255 e.